The van der Waals surface area contributed by atoms with E-state index in [4.69, 9.17) is 11.6 Å². The lowest BCUT2D eigenvalue weighted by Gasteiger charge is -2.09. The average Bonchev–Trinajstić information content (AvgIpc) is 2.72. The van der Waals surface area contributed by atoms with Crippen LogP contribution >= 0.6 is 11.6 Å². The first-order valence-electron chi connectivity index (χ1n) is 7.03. The summed E-state index contributed by atoms with van der Waals surface area (Å²) in [5.41, 5.74) is 3.02. The Morgan fingerprint density at radius 2 is 1.65 bits per heavy atom. The largest absolute Gasteiger partial charge is 0.339 e. The molecule has 0 aliphatic carbocycles. The standard InChI is InChI=1S/C17H15ClN2O2S/c1-11-5-3-4-6-15(11)19-17-12(2)16(23(21,22)20-17)13-7-9-14(18)10-8-13/h3-10H,1-2H3,(H,19,20). The Balaban J connectivity index is 2.04. The lowest BCUT2D eigenvalue weighted by Crippen LogP contribution is -2.12. The molecule has 2 aromatic carbocycles. The molecular formula is C17H15ClN2O2S. The Kier molecular flexibility index (Phi) is 4.00. The van der Waals surface area contributed by atoms with Gasteiger partial charge in [0.05, 0.1) is 0 Å². The summed E-state index contributed by atoms with van der Waals surface area (Å²) in [5.74, 6) is 0.351. The van der Waals surface area contributed by atoms with Crippen LogP contribution in [0.25, 0.3) is 4.91 Å². The highest BCUT2D eigenvalue weighted by Gasteiger charge is 2.31. The summed E-state index contributed by atoms with van der Waals surface area (Å²) >= 11 is 5.87. The highest BCUT2D eigenvalue weighted by molar-refractivity contribution is 8.00. The van der Waals surface area contributed by atoms with Crippen molar-refractivity contribution in [1.82, 2.24) is 0 Å². The third-order valence-electron chi connectivity index (χ3n) is 3.67. The molecule has 0 saturated heterocycles. The molecule has 0 fully saturated rings. The van der Waals surface area contributed by atoms with Crippen LogP contribution in [0.3, 0.4) is 0 Å². The highest BCUT2D eigenvalue weighted by Crippen LogP contribution is 2.33. The fraction of sp³-hybridized carbons (Fsp3) is 0.118. The molecule has 1 aliphatic heterocycles. The lowest BCUT2D eigenvalue weighted by molar-refractivity contribution is 0.608. The van der Waals surface area contributed by atoms with Crippen LogP contribution in [0.5, 0.6) is 0 Å². The van der Waals surface area contributed by atoms with Crippen LogP contribution < -0.4 is 5.32 Å². The van der Waals surface area contributed by atoms with E-state index < -0.39 is 10.0 Å². The first-order valence-corrected chi connectivity index (χ1v) is 8.85. The number of sulfonamides is 1. The summed E-state index contributed by atoms with van der Waals surface area (Å²) in [6.45, 7) is 3.70. The van der Waals surface area contributed by atoms with E-state index >= 15 is 0 Å². The maximum Gasteiger partial charge on any atom is 0.285 e. The maximum atomic E-state index is 12.4. The summed E-state index contributed by atoms with van der Waals surface area (Å²) in [7, 11) is -3.72. The molecule has 0 bridgehead atoms. The number of benzene rings is 2. The molecule has 0 atom stereocenters. The van der Waals surface area contributed by atoms with Crippen molar-refractivity contribution < 1.29 is 8.42 Å². The van der Waals surface area contributed by atoms with E-state index in [9.17, 15) is 8.42 Å². The number of hydrogen-bond acceptors (Lipinski definition) is 3. The molecule has 0 amide bonds. The van der Waals surface area contributed by atoms with Gasteiger partial charge in [-0.2, -0.15) is 8.42 Å². The van der Waals surface area contributed by atoms with E-state index in [-0.39, 0.29) is 4.91 Å². The molecule has 3 rings (SSSR count). The normalized spacial score (nSPS) is 16.4. The van der Waals surface area contributed by atoms with E-state index in [1.807, 2.05) is 31.2 Å². The van der Waals surface area contributed by atoms with Gasteiger partial charge in [0.1, 0.15) is 10.7 Å². The number of nitrogens with zero attached hydrogens (tertiary/aromatic N) is 1. The quantitative estimate of drug-likeness (QED) is 0.885. The molecular weight excluding hydrogens is 332 g/mol. The van der Waals surface area contributed by atoms with Gasteiger partial charge in [-0.15, -0.1) is 4.40 Å². The number of rotatable bonds is 2. The minimum absolute atomic E-state index is 0.213. The Morgan fingerprint density at radius 3 is 2.30 bits per heavy atom. The van der Waals surface area contributed by atoms with Crippen molar-refractivity contribution in [2.45, 2.75) is 13.8 Å². The fourth-order valence-electron chi connectivity index (χ4n) is 2.46. The van der Waals surface area contributed by atoms with Gasteiger partial charge in [0.15, 0.2) is 0 Å². The molecule has 23 heavy (non-hydrogen) atoms. The summed E-state index contributed by atoms with van der Waals surface area (Å²) in [4.78, 5) is 0.213. The topological polar surface area (TPSA) is 58.5 Å². The zero-order valence-electron chi connectivity index (χ0n) is 12.7. The second kappa shape index (κ2) is 5.83. The minimum atomic E-state index is -3.72. The second-order valence-electron chi connectivity index (χ2n) is 5.32. The average molecular weight is 347 g/mol. The summed E-state index contributed by atoms with van der Waals surface area (Å²) < 4.78 is 28.7. The van der Waals surface area contributed by atoms with Gasteiger partial charge in [-0.25, -0.2) is 0 Å². The zero-order chi connectivity index (χ0) is 16.6. The van der Waals surface area contributed by atoms with Crippen molar-refractivity contribution in [1.29, 1.82) is 0 Å². The number of halogens is 1. The van der Waals surface area contributed by atoms with Crippen molar-refractivity contribution in [3.05, 3.63) is 70.3 Å². The SMILES string of the molecule is CC1=C(c2ccc(Cl)cc2)S(=O)(=O)N=C1Nc1ccccc1C. The van der Waals surface area contributed by atoms with E-state index in [2.05, 4.69) is 9.71 Å². The molecule has 0 saturated carbocycles. The summed E-state index contributed by atoms with van der Waals surface area (Å²) in [6.07, 6.45) is 0. The molecule has 0 unspecified atom stereocenters. The first-order chi connectivity index (χ1) is 10.9. The van der Waals surface area contributed by atoms with Crippen molar-refractivity contribution >= 4 is 38.1 Å². The number of aryl methyl sites for hydroxylation is 1. The maximum absolute atomic E-state index is 12.4. The number of nitrogens with one attached hydrogen (secondary N) is 1. The van der Waals surface area contributed by atoms with Gasteiger partial charge in [0.2, 0.25) is 0 Å². The molecule has 2 aromatic rings. The van der Waals surface area contributed by atoms with Gasteiger partial charge >= 0.3 is 0 Å². The number of anilines is 1. The van der Waals surface area contributed by atoms with Crippen molar-refractivity contribution in [3.63, 3.8) is 0 Å². The Bertz CT molecular complexity index is 929. The number of hydrogen-bond donors (Lipinski definition) is 1. The van der Waals surface area contributed by atoms with Crippen LogP contribution in [0, 0.1) is 6.92 Å². The molecule has 0 aromatic heterocycles. The Labute approximate surface area is 140 Å². The van der Waals surface area contributed by atoms with Gasteiger partial charge in [0, 0.05) is 16.3 Å². The molecule has 6 heteroatoms. The third kappa shape index (κ3) is 3.02. The van der Waals surface area contributed by atoms with Gasteiger partial charge in [0.25, 0.3) is 10.0 Å². The van der Waals surface area contributed by atoms with E-state index in [0.29, 0.717) is 22.0 Å². The first kappa shape index (κ1) is 15.8. The molecule has 118 valence electrons. The van der Waals surface area contributed by atoms with Crippen molar-refractivity contribution in [3.8, 4) is 0 Å². The Hall–Kier alpha value is -2.11. The second-order valence-corrected chi connectivity index (χ2v) is 7.29. The molecule has 1 N–H and O–H groups in total. The van der Waals surface area contributed by atoms with Crippen molar-refractivity contribution in [2.75, 3.05) is 5.32 Å². The van der Waals surface area contributed by atoms with Crippen LogP contribution in [0.15, 0.2) is 58.5 Å². The smallest absolute Gasteiger partial charge is 0.285 e. The van der Waals surface area contributed by atoms with Crippen LogP contribution in [0.2, 0.25) is 5.02 Å². The van der Waals surface area contributed by atoms with Gasteiger partial charge in [-0.1, -0.05) is 41.9 Å². The highest BCUT2D eigenvalue weighted by atomic mass is 35.5. The van der Waals surface area contributed by atoms with Gasteiger partial charge in [-0.05, 0) is 43.2 Å². The van der Waals surface area contributed by atoms with Gasteiger partial charge < -0.3 is 5.32 Å². The van der Waals surface area contributed by atoms with Crippen LogP contribution in [0.4, 0.5) is 5.69 Å². The molecule has 0 spiro atoms. The van der Waals surface area contributed by atoms with E-state index in [1.165, 1.54) is 0 Å². The van der Waals surface area contributed by atoms with Crippen molar-refractivity contribution in [2.24, 2.45) is 4.40 Å². The zero-order valence-corrected chi connectivity index (χ0v) is 14.2. The predicted octanol–water partition coefficient (Wildman–Crippen LogP) is 4.23. The van der Waals surface area contributed by atoms with Crippen LogP contribution in [-0.2, 0) is 10.0 Å². The molecule has 1 aliphatic rings. The fourth-order valence-corrected chi connectivity index (χ4v) is 4.02. The predicted molar refractivity (Wildman–Crippen MR) is 95.2 cm³/mol. The molecule has 4 nitrogen and oxygen atoms in total. The lowest BCUT2D eigenvalue weighted by atomic mass is 10.1. The summed E-state index contributed by atoms with van der Waals surface area (Å²) in [6, 6.07) is 14.4. The monoisotopic (exact) mass is 346 g/mol. The van der Waals surface area contributed by atoms with Gasteiger partial charge in [-0.3, -0.25) is 0 Å². The minimum Gasteiger partial charge on any atom is -0.339 e. The number of para-hydroxylation sites is 1. The third-order valence-corrected chi connectivity index (χ3v) is 5.40. The van der Waals surface area contributed by atoms with E-state index in [0.717, 1.165) is 11.3 Å². The Morgan fingerprint density at radius 1 is 1.00 bits per heavy atom. The number of amidine groups is 1. The van der Waals surface area contributed by atoms with Crippen LogP contribution in [-0.4, -0.2) is 14.3 Å². The van der Waals surface area contributed by atoms with Crippen LogP contribution in [0.1, 0.15) is 18.1 Å². The molecule has 0 radical (unpaired) electrons. The molecule has 1 heterocycles. The summed E-state index contributed by atoms with van der Waals surface area (Å²) in [5, 5.41) is 3.67. The van der Waals surface area contributed by atoms with E-state index in [1.54, 1.807) is 31.2 Å².